The number of alkyl halides is 3. The van der Waals surface area contributed by atoms with E-state index >= 15 is 0 Å². The van der Waals surface area contributed by atoms with Crippen LogP contribution in [0.1, 0.15) is 5.56 Å². The Morgan fingerprint density at radius 2 is 1.69 bits per heavy atom. The lowest BCUT2D eigenvalue weighted by molar-refractivity contribution is -0.0437. The van der Waals surface area contributed by atoms with Crippen LogP contribution < -0.4 is 4.74 Å². The lowest BCUT2D eigenvalue weighted by Crippen LogP contribution is -2.24. The van der Waals surface area contributed by atoms with Crippen LogP contribution >= 0.6 is 0 Å². The molecule has 7 heteroatoms. The predicted octanol–water partition coefficient (Wildman–Crippen LogP) is 2.13. The molecule has 90 valence electrons. The number of rotatable bonds is 3. The van der Waals surface area contributed by atoms with Crippen molar-refractivity contribution in [2.45, 2.75) is 11.3 Å². The molecule has 0 bridgehead atoms. The van der Waals surface area contributed by atoms with Crippen LogP contribution in [-0.2, 0) is 15.6 Å². The molecule has 0 unspecified atom stereocenters. The summed E-state index contributed by atoms with van der Waals surface area (Å²) >= 11 is 0. The largest absolute Gasteiger partial charge is 0.497 e. The van der Waals surface area contributed by atoms with Gasteiger partial charge in [0.05, 0.1) is 12.9 Å². The Hall–Kier alpha value is -1.24. The Kier molecular flexibility index (Phi) is 3.47. The number of hydrogen-bond donors (Lipinski definition) is 0. The van der Waals surface area contributed by atoms with Gasteiger partial charge in [0.15, 0.2) is 0 Å². The second kappa shape index (κ2) is 4.32. The maximum absolute atomic E-state index is 12.1. The molecular weight excluding hydrogens is 245 g/mol. The highest BCUT2D eigenvalue weighted by atomic mass is 32.2. The summed E-state index contributed by atoms with van der Waals surface area (Å²) in [6.45, 7) is 0. The molecule has 0 radical (unpaired) electrons. The molecule has 0 aliphatic rings. The van der Waals surface area contributed by atoms with Crippen molar-refractivity contribution in [1.82, 2.24) is 0 Å². The molecule has 0 amide bonds. The number of sulfone groups is 1. The van der Waals surface area contributed by atoms with Crippen LogP contribution in [0.5, 0.6) is 5.75 Å². The monoisotopic (exact) mass is 254 g/mol. The molecule has 1 aromatic carbocycles. The Morgan fingerprint density at radius 3 is 2.06 bits per heavy atom. The van der Waals surface area contributed by atoms with E-state index in [2.05, 4.69) is 0 Å². The van der Waals surface area contributed by atoms with Crippen molar-refractivity contribution in [3.05, 3.63) is 29.8 Å². The number of hydrogen-bond acceptors (Lipinski definition) is 3. The van der Waals surface area contributed by atoms with Gasteiger partial charge in [-0.2, -0.15) is 13.2 Å². The highest BCUT2D eigenvalue weighted by molar-refractivity contribution is 7.91. The first-order chi connectivity index (χ1) is 7.26. The topological polar surface area (TPSA) is 43.4 Å². The summed E-state index contributed by atoms with van der Waals surface area (Å²) in [5.41, 5.74) is -5.15. The summed E-state index contributed by atoms with van der Waals surface area (Å²) in [4.78, 5) is 0. The molecule has 0 saturated carbocycles. The van der Waals surface area contributed by atoms with Crippen LogP contribution in [0, 0.1) is 0 Å². The molecule has 0 atom stereocenters. The lowest BCUT2D eigenvalue weighted by Gasteiger charge is -2.08. The zero-order valence-electron chi connectivity index (χ0n) is 8.28. The fraction of sp³-hybridized carbons (Fsp3) is 0.333. The molecule has 1 rings (SSSR count). The second-order valence-corrected chi connectivity index (χ2v) is 5.03. The summed E-state index contributed by atoms with van der Waals surface area (Å²) in [7, 11) is -3.71. The summed E-state index contributed by atoms with van der Waals surface area (Å²) in [5, 5.41) is 0. The summed E-state index contributed by atoms with van der Waals surface area (Å²) in [6.07, 6.45) is 0. The van der Waals surface area contributed by atoms with Crippen molar-refractivity contribution >= 4 is 9.84 Å². The van der Waals surface area contributed by atoms with Gasteiger partial charge >= 0.3 is 5.51 Å². The quantitative estimate of drug-likeness (QED) is 0.829. The van der Waals surface area contributed by atoms with E-state index in [0.29, 0.717) is 5.75 Å². The van der Waals surface area contributed by atoms with Crippen molar-refractivity contribution in [3.8, 4) is 5.75 Å². The molecule has 0 heterocycles. The minimum atomic E-state index is -5.22. The van der Waals surface area contributed by atoms with Gasteiger partial charge in [-0.3, -0.25) is 0 Å². The van der Waals surface area contributed by atoms with Crippen molar-refractivity contribution < 1.29 is 26.3 Å². The van der Waals surface area contributed by atoms with Gasteiger partial charge in [0.1, 0.15) is 5.75 Å². The molecule has 0 fully saturated rings. The van der Waals surface area contributed by atoms with E-state index < -0.39 is 21.1 Å². The normalized spacial score (nSPS) is 12.5. The third-order valence-corrected chi connectivity index (χ3v) is 3.29. The van der Waals surface area contributed by atoms with Crippen LogP contribution in [0.2, 0.25) is 0 Å². The van der Waals surface area contributed by atoms with E-state index in [4.69, 9.17) is 4.74 Å². The van der Waals surface area contributed by atoms with Crippen LogP contribution in [0.4, 0.5) is 13.2 Å². The Morgan fingerprint density at radius 1 is 1.19 bits per heavy atom. The third kappa shape index (κ3) is 2.88. The molecule has 3 nitrogen and oxygen atoms in total. The SMILES string of the molecule is COc1ccc(CS(=O)(=O)C(F)(F)F)cc1. The molecular formula is C9H9F3O3S. The highest BCUT2D eigenvalue weighted by Gasteiger charge is 2.45. The number of benzene rings is 1. The average molecular weight is 254 g/mol. The van der Waals surface area contributed by atoms with Gasteiger partial charge in [-0.15, -0.1) is 0 Å². The first-order valence-electron chi connectivity index (χ1n) is 4.18. The van der Waals surface area contributed by atoms with E-state index in [1.165, 1.54) is 31.4 Å². The van der Waals surface area contributed by atoms with Gasteiger partial charge in [0.2, 0.25) is 0 Å². The second-order valence-electron chi connectivity index (χ2n) is 3.05. The van der Waals surface area contributed by atoms with Gasteiger partial charge in [-0.25, -0.2) is 8.42 Å². The molecule has 0 aromatic heterocycles. The van der Waals surface area contributed by atoms with E-state index in [0.717, 1.165) is 0 Å². The molecule has 16 heavy (non-hydrogen) atoms. The van der Waals surface area contributed by atoms with Crippen molar-refractivity contribution in [2.24, 2.45) is 0 Å². The Labute approximate surface area is 90.8 Å². The predicted molar refractivity (Wildman–Crippen MR) is 51.7 cm³/mol. The van der Waals surface area contributed by atoms with E-state index in [1.54, 1.807) is 0 Å². The molecule has 0 spiro atoms. The molecule has 0 saturated heterocycles. The van der Waals surface area contributed by atoms with Crippen LogP contribution in [-0.4, -0.2) is 21.0 Å². The number of methoxy groups -OCH3 is 1. The number of halogens is 3. The van der Waals surface area contributed by atoms with Crippen LogP contribution in [0.15, 0.2) is 24.3 Å². The lowest BCUT2D eigenvalue weighted by atomic mass is 10.2. The van der Waals surface area contributed by atoms with Gasteiger partial charge in [0, 0.05) is 0 Å². The third-order valence-electron chi connectivity index (χ3n) is 1.87. The van der Waals surface area contributed by atoms with Crippen molar-refractivity contribution in [1.29, 1.82) is 0 Å². The van der Waals surface area contributed by atoms with E-state index in [-0.39, 0.29) is 5.56 Å². The Balaban J connectivity index is 2.89. The minimum absolute atomic E-state index is 0.0677. The van der Waals surface area contributed by atoms with Gasteiger partial charge in [0.25, 0.3) is 9.84 Å². The molecule has 0 aliphatic carbocycles. The van der Waals surface area contributed by atoms with Crippen LogP contribution in [0.25, 0.3) is 0 Å². The summed E-state index contributed by atoms with van der Waals surface area (Å²) in [6, 6.07) is 5.37. The first kappa shape index (κ1) is 12.8. The maximum Gasteiger partial charge on any atom is 0.497 e. The number of ether oxygens (including phenoxy) is 1. The molecule has 0 aliphatic heterocycles. The fourth-order valence-electron chi connectivity index (χ4n) is 1.02. The standard InChI is InChI=1S/C9H9F3O3S/c1-15-8-4-2-7(3-5-8)6-16(13,14)9(10,11)12/h2-5H,6H2,1H3. The maximum atomic E-state index is 12.1. The average Bonchev–Trinajstić information content (AvgIpc) is 2.16. The zero-order valence-corrected chi connectivity index (χ0v) is 9.10. The smallest absolute Gasteiger partial charge is 0.497 e. The van der Waals surface area contributed by atoms with E-state index in [9.17, 15) is 21.6 Å². The van der Waals surface area contributed by atoms with Gasteiger partial charge in [-0.1, -0.05) is 12.1 Å². The first-order valence-corrected chi connectivity index (χ1v) is 5.83. The highest BCUT2D eigenvalue weighted by Crippen LogP contribution is 2.27. The summed E-state index contributed by atoms with van der Waals surface area (Å²) < 4.78 is 62.6. The van der Waals surface area contributed by atoms with Crippen molar-refractivity contribution in [2.75, 3.05) is 7.11 Å². The van der Waals surface area contributed by atoms with E-state index in [1.807, 2.05) is 0 Å². The minimum Gasteiger partial charge on any atom is -0.497 e. The van der Waals surface area contributed by atoms with Gasteiger partial charge < -0.3 is 4.74 Å². The molecule has 0 N–H and O–H groups in total. The van der Waals surface area contributed by atoms with Gasteiger partial charge in [-0.05, 0) is 17.7 Å². The van der Waals surface area contributed by atoms with Crippen molar-refractivity contribution in [3.63, 3.8) is 0 Å². The Bertz CT molecular complexity index is 448. The van der Waals surface area contributed by atoms with Crippen LogP contribution in [0.3, 0.4) is 0 Å². The zero-order chi connectivity index (χ0) is 12.4. The molecule has 1 aromatic rings. The summed E-state index contributed by atoms with van der Waals surface area (Å²) in [5.74, 6) is -0.603. The fourth-order valence-corrected chi connectivity index (χ4v) is 1.82.